The summed E-state index contributed by atoms with van der Waals surface area (Å²) in [7, 11) is 1.60. The van der Waals surface area contributed by atoms with Gasteiger partial charge in [-0.05, 0) is 41.5 Å². The summed E-state index contributed by atoms with van der Waals surface area (Å²) in [5.41, 5.74) is 6.20. The zero-order valence-corrected chi connectivity index (χ0v) is 19.1. The van der Waals surface area contributed by atoms with E-state index in [0.29, 0.717) is 24.2 Å². The van der Waals surface area contributed by atoms with Crippen LogP contribution in [0.15, 0.2) is 89.9 Å². The Kier molecular flexibility index (Phi) is 6.09. The van der Waals surface area contributed by atoms with Crippen LogP contribution in [0, 0.1) is 0 Å². The lowest BCUT2D eigenvalue weighted by Gasteiger charge is -2.08. The minimum Gasteiger partial charge on any atom is -0.364 e. The normalized spacial score (nSPS) is 10.9. The van der Waals surface area contributed by atoms with Crippen molar-refractivity contribution in [2.45, 2.75) is 13.0 Å². The van der Waals surface area contributed by atoms with Crippen molar-refractivity contribution in [3.8, 4) is 5.69 Å². The molecule has 2 amide bonds. The molecule has 0 spiro atoms. The average molecular weight is 466 g/mol. The molecular weight excluding hydrogens is 442 g/mol. The van der Waals surface area contributed by atoms with Crippen LogP contribution in [0.1, 0.15) is 37.5 Å². The van der Waals surface area contributed by atoms with Gasteiger partial charge in [0.2, 0.25) is 0 Å². The maximum absolute atomic E-state index is 12.7. The van der Waals surface area contributed by atoms with Crippen molar-refractivity contribution in [3.05, 3.63) is 113 Å². The number of nitrogens with zero attached hydrogens (tertiary/aromatic N) is 3. The van der Waals surface area contributed by atoms with Crippen LogP contribution in [0.2, 0.25) is 0 Å². The molecule has 3 aromatic carbocycles. The van der Waals surface area contributed by atoms with E-state index in [0.717, 1.165) is 33.4 Å². The quantitative estimate of drug-likeness (QED) is 0.380. The summed E-state index contributed by atoms with van der Waals surface area (Å²) in [6, 6.07) is 23.1. The molecule has 2 heterocycles. The molecule has 0 fully saturated rings. The first-order valence-corrected chi connectivity index (χ1v) is 11.2. The van der Waals surface area contributed by atoms with Gasteiger partial charge in [0, 0.05) is 36.8 Å². The van der Waals surface area contributed by atoms with E-state index in [1.165, 1.54) is 6.26 Å². The third kappa shape index (κ3) is 4.67. The largest absolute Gasteiger partial charge is 0.364 e. The molecule has 2 N–H and O–H groups in total. The van der Waals surface area contributed by atoms with Crippen LogP contribution in [-0.4, -0.2) is 33.6 Å². The van der Waals surface area contributed by atoms with Crippen LogP contribution < -0.4 is 10.6 Å². The molecule has 0 aliphatic rings. The van der Waals surface area contributed by atoms with E-state index in [-0.39, 0.29) is 11.8 Å². The van der Waals surface area contributed by atoms with Gasteiger partial charge in [-0.2, -0.15) is 0 Å². The molecule has 0 atom stereocenters. The molecule has 0 aliphatic heterocycles. The lowest BCUT2D eigenvalue weighted by atomic mass is 10.1. The Labute approximate surface area is 201 Å². The summed E-state index contributed by atoms with van der Waals surface area (Å²) in [4.78, 5) is 29.0. The van der Waals surface area contributed by atoms with Crippen molar-refractivity contribution in [3.63, 3.8) is 0 Å². The molecule has 5 aromatic rings. The van der Waals surface area contributed by atoms with E-state index >= 15 is 0 Å². The van der Waals surface area contributed by atoms with E-state index < -0.39 is 0 Å². The molecule has 35 heavy (non-hydrogen) atoms. The first kappa shape index (κ1) is 22.1. The summed E-state index contributed by atoms with van der Waals surface area (Å²) >= 11 is 0. The second-order valence-corrected chi connectivity index (χ2v) is 8.10. The first-order chi connectivity index (χ1) is 17.1. The number of benzene rings is 3. The highest BCUT2D eigenvalue weighted by Gasteiger charge is 2.16. The molecule has 0 bridgehead atoms. The predicted molar refractivity (Wildman–Crippen MR) is 131 cm³/mol. The fourth-order valence-electron chi connectivity index (χ4n) is 3.93. The van der Waals surface area contributed by atoms with Crippen molar-refractivity contribution < 1.29 is 14.1 Å². The number of imidazole rings is 1. The number of hydrogen-bond acceptors (Lipinski definition) is 5. The molecule has 0 radical (unpaired) electrons. The SMILES string of the molecule is CNC(=O)c1ccc2c(c1)ncn2-c1ccc(CNC(=O)c2nocc2Cc2ccccc2)cc1. The Morgan fingerprint density at radius 3 is 2.51 bits per heavy atom. The van der Waals surface area contributed by atoms with Crippen LogP contribution in [-0.2, 0) is 13.0 Å². The van der Waals surface area contributed by atoms with Gasteiger partial charge in [0.1, 0.15) is 12.6 Å². The zero-order chi connectivity index (χ0) is 24.2. The number of carbonyl (C=O) groups is 2. The summed E-state index contributed by atoms with van der Waals surface area (Å²) < 4.78 is 7.02. The molecule has 2 aromatic heterocycles. The Balaban J connectivity index is 1.26. The van der Waals surface area contributed by atoms with E-state index in [1.807, 2.05) is 65.2 Å². The van der Waals surface area contributed by atoms with Crippen molar-refractivity contribution in [2.24, 2.45) is 0 Å². The lowest BCUT2D eigenvalue weighted by molar-refractivity contribution is 0.0938. The smallest absolute Gasteiger partial charge is 0.274 e. The Morgan fingerprint density at radius 2 is 1.74 bits per heavy atom. The van der Waals surface area contributed by atoms with Crippen LogP contribution in [0.3, 0.4) is 0 Å². The third-order valence-corrected chi connectivity index (χ3v) is 5.80. The average Bonchev–Trinajstić information content (AvgIpc) is 3.54. The van der Waals surface area contributed by atoms with Crippen molar-refractivity contribution in [2.75, 3.05) is 7.05 Å². The van der Waals surface area contributed by atoms with Crippen LogP contribution in [0.5, 0.6) is 0 Å². The third-order valence-electron chi connectivity index (χ3n) is 5.80. The molecule has 8 nitrogen and oxygen atoms in total. The van der Waals surface area contributed by atoms with Gasteiger partial charge in [-0.1, -0.05) is 47.6 Å². The summed E-state index contributed by atoms with van der Waals surface area (Å²) in [6.45, 7) is 0.358. The molecule has 0 saturated carbocycles. The first-order valence-electron chi connectivity index (χ1n) is 11.2. The van der Waals surface area contributed by atoms with E-state index in [1.54, 1.807) is 25.5 Å². The standard InChI is InChI=1S/C27H23N5O3/c1-28-26(33)20-9-12-24-23(14-20)30-17-32(24)22-10-7-19(8-11-22)15-29-27(34)25-21(16-35-31-25)13-18-5-3-2-4-6-18/h2-12,14,16-17H,13,15H2,1H3,(H,28,33)(H,29,34). The van der Waals surface area contributed by atoms with E-state index in [9.17, 15) is 9.59 Å². The molecule has 174 valence electrons. The molecule has 0 unspecified atom stereocenters. The van der Waals surface area contributed by atoms with Crippen LogP contribution >= 0.6 is 0 Å². The maximum Gasteiger partial charge on any atom is 0.274 e. The lowest BCUT2D eigenvalue weighted by Crippen LogP contribution is -2.24. The fraction of sp³-hybridized carbons (Fsp3) is 0.111. The summed E-state index contributed by atoms with van der Waals surface area (Å²) in [5.74, 6) is -0.424. The fourth-order valence-corrected chi connectivity index (χ4v) is 3.93. The Hall–Kier alpha value is -4.72. The highest BCUT2D eigenvalue weighted by Crippen LogP contribution is 2.20. The minimum atomic E-state index is -0.277. The number of nitrogens with one attached hydrogen (secondary N) is 2. The maximum atomic E-state index is 12.7. The number of hydrogen-bond donors (Lipinski definition) is 2. The predicted octanol–water partition coefficient (Wildman–Crippen LogP) is 3.89. The minimum absolute atomic E-state index is 0.148. The van der Waals surface area contributed by atoms with Gasteiger partial charge in [0.25, 0.3) is 11.8 Å². The topological polar surface area (TPSA) is 102 Å². The van der Waals surface area contributed by atoms with Crippen molar-refractivity contribution in [1.82, 2.24) is 25.3 Å². The molecule has 0 aliphatic carbocycles. The van der Waals surface area contributed by atoms with Gasteiger partial charge < -0.3 is 15.2 Å². The number of carbonyl (C=O) groups excluding carboxylic acids is 2. The van der Waals surface area contributed by atoms with Gasteiger partial charge in [-0.25, -0.2) is 4.98 Å². The number of amides is 2. The van der Waals surface area contributed by atoms with E-state index in [4.69, 9.17) is 4.52 Å². The number of aromatic nitrogens is 3. The molecular formula is C27H23N5O3. The Bertz CT molecular complexity index is 1490. The second kappa shape index (κ2) is 9.64. The molecule has 5 rings (SSSR count). The summed E-state index contributed by atoms with van der Waals surface area (Å²) in [6.07, 6.45) is 3.82. The van der Waals surface area contributed by atoms with Crippen LogP contribution in [0.25, 0.3) is 16.7 Å². The highest BCUT2D eigenvalue weighted by atomic mass is 16.5. The summed E-state index contributed by atoms with van der Waals surface area (Å²) in [5, 5.41) is 9.44. The van der Waals surface area contributed by atoms with Gasteiger partial charge in [-0.3, -0.25) is 14.2 Å². The highest BCUT2D eigenvalue weighted by molar-refractivity contribution is 5.97. The number of fused-ring (bicyclic) bond motifs is 1. The monoisotopic (exact) mass is 465 g/mol. The van der Waals surface area contributed by atoms with Crippen LogP contribution in [0.4, 0.5) is 0 Å². The van der Waals surface area contributed by atoms with Gasteiger partial charge in [0.05, 0.1) is 11.0 Å². The number of rotatable bonds is 7. The van der Waals surface area contributed by atoms with Crippen molar-refractivity contribution >= 4 is 22.8 Å². The zero-order valence-electron chi connectivity index (χ0n) is 19.1. The van der Waals surface area contributed by atoms with Crippen molar-refractivity contribution in [1.29, 1.82) is 0 Å². The molecule has 8 heteroatoms. The van der Waals surface area contributed by atoms with Gasteiger partial charge in [0.15, 0.2) is 5.69 Å². The molecule has 0 saturated heterocycles. The Morgan fingerprint density at radius 1 is 0.943 bits per heavy atom. The van der Waals surface area contributed by atoms with Gasteiger partial charge in [-0.15, -0.1) is 0 Å². The second-order valence-electron chi connectivity index (χ2n) is 8.10. The van der Waals surface area contributed by atoms with E-state index in [2.05, 4.69) is 20.8 Å². The van der Waals surface area contributed by atoms with Gasteiger partial charge >= 0.3 is 0 Å².